The summed E-state index contributed by atoms with van der Waals surface area (Å²) in [7, 11) is 0. The van der Waals surface area contributed by atoms with E-state index < -0.39 is 60.2 Å². The monoisotopic (exact) mass is 496 g/mol. The number of hydrogen-bond donors (Lipinski definition) is 9. The fourth-order valence-electron chi connectivity index (χ4n) is 2.85. The molecule has 0 aliphatic rings. The molecule has 1 rings (SSSR count). The summed E-state index contributed by atoms with van der Waals surface area (Å²) >= 11 is 0. The van der Waals surface area contributed by atoms with E-state index in [9.17, 15) is 29.1 Å². The van der Waals surface area contributed by atoms with E-state index >= 15 is 0 Å². The van der Waals surface area contributed by atoms with Gasteiger partial charge in [-0.25, -0.2) is 9.78 Å². The number of carboxylic acids is 1. The average molecular weight is 497 g/mol. The lowest BCUT2D eigenvalue weighted by molar-refractivity contribution is -0.142. The van der Waals surface area contributed by atoms with Crippen LogP contribution < -0.4 is 38.9 Å². The molecule has 0 radical (unpaired) electrons. The first kappa shape index (κ1) is 28.8. The predicted molar refractivity (Wildman–Crippen MR) is 123 cm³/mol. The lowest BCUT2D eigenvalue weighted by Crippen LogP contribution is -2.57. The summed E-state index contributed by atoms with van der Waals surface area (Å²) in [6.07, 6.45) is 2.75. The van der Waals surface area contributed by atoms with E-state index in [2.05, 4.69) is 30.9 Å². The van der Waals surface area contributed by atoms with Gasteiger partial charge < -0.3 is 49.0 Å². The van der Waals surface area contributed by atoms with Crippen LogP contribution in [0.4, 0.5) is 0 Å². The van der Waals surface area contributed by atoms with Crippen molar-refractivity contribution >= 4 is 35.6 Å². The van der Waals surface area contributed by atoms with Crippen LogP contribution in [0.1, 0.15) is 31.9 Å². The summed E-state index contributed by atoms with van der Waals surface area (Å²) in [6, 6.07) is -4.92. The van der Waals surface area contributed by atoms with Crippen molar-refractivity contribution < 1.29 is 29.1 Å². The molecular weight excluding hydrogens is 464 g/mol. The Hall–Kier alpha value is -4.21. The number of carbonyl (C=O) groups excluding carboxylic acids is 4. The molecule has 194 valence electrons. The Bertz CT molecular complexity index is 915. The van der Waals surface area contributed by atoms with Crippen LogP contribution in [-0.4, -0.2) is 81.3 Å². The van der Waals surface area contributed by atoms with Gasteiger partial charge >= 0.3 is 5.97 Å². The highest BCUT2D eigenvalue weighted by atomic mass is 16.4. The molecular formula is C19H32N10O6. The molecule has 0 saturated heterocycles. The number of H-pyrrole nitrogens is 1. The molecule has 0 spiro atoms. The molecule has 1 heterocycles. The lowest BCUT2D eigenvalue weighted by atomic mass is 10.1. The molecule has 13 N–H and O–H groups in total. The van der Waals surface area contributed by atoms with Gasteiger partial charge in [-0.05, 0) is 19.8 Å². The number of rotatable bonds is 15. The Morgan fingerprint density at radius 2 is 1.71 bits per heavy atom. The van der Waals surface area contributed by atoms with Gasteiger partial charge in [-0.2, -0.15) is 0 Å². The third-order valence-corrected chi connectivity index (χ3v) is 4.68. The Morgan fingerprint density at radius 3 is 2.26 bits per heavy atom. The number of primary amides is 1. The Morgan fingerprint density at radius 1 is 1.06 bits per heavy atom. The largest absolute Gasteiger partial charge is 0.480 e. The zero-order valence-corrected chi connectivity index (χ0v) is 19.2. The molecule has 0 saturated carbocycles. The summed E-state index contributed by atoms with van der Waals surface area (Å²) in [5, 5.41) is 16.3. The number of aromatic nitrogens is 2. The standard InChI is InChI=1S/C19H32N10O6/c1-9(15(31)28-12(18(34)35)3-2-4-25-19(22)23)27-17(33)13(6-14(21)30)29-16(32)11(20)5-10-7-24-8-26-10/h7-9,11-13H,2-6,20H2,1H3,(H2,21,30)(H,24,26)(H,27,33)(H,28,31)(H,29,32)(H,34,35)(H4,22,23,25). The fourth-order valence-corrected chi connectivity index (χ4v) is 2.85. The van der Waals surface area contributed by atoms with Crippen molar-refractivity contribution in [1.82, 2.24) is 25.9 Å². The average Bonchev–Trinajstić information content (AvgIpc) is 3.27. The summed E-state index contributed by atoms with van der Waals surface area (Å²) in [4.78, 5) is 70.6. The maximum absolute atomic E-state index is 12.6. The summed E-state index contributed by atoms with van der Waals surface area (Å²) in [6.45, 7) is 1.48. The second-order valence-corrected chi connectivity index (χ2v) is 7.70. The van der Waals surface area contributed by atoms with Crippen LogP contribution in [-0.2, 0) is 30.4 Å². The van der Waals surface area contributed by atoms with Crippen molar-refractivity contribution in [1.29, 1.82) is 0 Å². The third kappa shape index (κ3) is 11.0. The Balaban J connectivity index is 2.71. The quantitative estimate of drug-likeness (QED) is 0.0640. The molecule has 0 aliphatic heterocycles. The second kappa shape index (κ2) is 14.1. The number of nitrogens with one attached hydrogen (secondary N) is 4. The van der Waals surface area contributed by atoms with E-state index in [1.54, 1.807) is 0 Å². The number of imidazole rings is 1. The number of carboxylic acid groups (broad SMARTS) is 1. The fraction of sp³-hybridized carbons (Fsp3) is 0.526. The number of amides is 4. The minimum absolute atomic E-state index is 0.0348. The number of aliphatic carboxylic acids is 1. The van der Waals surface area contributed by atoms with Gasteiger partial charge in [-0.1, -0.05) is 0 Å². The minimum atomic E-state index is -1.40. The maximum atomic E-state index is 12.6. The van der Waals surface area contributed by atoms with Gasteiger partial charge in [0.15, 0.2) is 5.96 Å². The van der Waals surface area contributed by atoms with E-state index in [0.29, 0.717) is 5.69 Å². The molecule has 0 aliphatic carbocycles. The first-order chi connectivity index (χ1) is 16.4. The smallest absolute Gasteiger partial charge is 0.326 e. The third-order valence-electron chi connectivity index (χ3n) is 4.68. The van der Waals surface area contributed by atoms with Crippen LogP contribution >= 0.6 is 0 Å². The van der Waals surface area contributed by atoms with Gasteiger partial charge in [0, 0.05) is 24.9 Å². The van der Waals surface area contributed by atoms with Gasteiger partial charge in [0.2, 0.25) is 23.6 Å². The van der Waals surface area contributed by atoms with Gasteiger partial charge in [-0.3, -0.25) is 24.2 Å². The second-order valence-electron chi connectivity index (χ2n) is 7.70. The normalized spacial score (nSPS) is 14.0. The van der Waals surface area contributed by atoms with Crippen LogP contribution in [0.3, 0.4) is 0 Å². The van der Waals surface area contributed by atoms with Crippen molar-refractivity contribution in [3.8, 4) is 0 Å². The van der Waals surface area contributed by atoms with Crippen molar-refractivity contribution in [2.24, 2.45) is 27.9 Å². The maximum Gasteiger partial charge on any atom is 0.326 e. The van der Waals surface area contributed by atoms with E-state index in [1.807, 2.05) is 0 Å². The van der Waals surface area contributed by atoms with Gasteiger partial charge in [-0.15, -0.1) is 0 Å². The number of aliphatic imine (C=N–C) groups is 1. The predicted octanol–water partition coefficient (Wildman–Crippen LogP) is -4.23. The van der Waals surface area contributed by atoms with Crippen molar-refractivity contribution in [2.75, 3.05) is 6.54 Å². The van der Waals surface area contributed by atoms with Gasteiger partial charge in [0.25, 0.3) is 0 Å². The zero-order chi connectivity index (χ0) is 26.5. The minimum Gasteiger partial charge on any atom is -0.480 e. The number of nitrogens with zero attached hydrogens (tertiary/aromatic N) is 2. The zero-order valence-electron chi connectivity index (χ0n) is 19.2. The van der Waals surface area contributed by atoms with Crippen molar-refractivity contribution in [2.45, 2.75) is 56.8 Å². The first-order valence-corrected chi connectivity index (χ1v) is 10.6. The Kier molecular flexibility index (Phi) is 11.6. The molecule has 0 bridgehead atoms. The number of guanidine groups is 1. The molecule has 16 nitrogen and oxygen atoms in total. The number of carbonyl (C=O) groups is 5. The number of nitrogens with two attached hydrogens (primary N) is 4. The SMILES string of the molecule is CC(NC(=O)C(CC(N)=O)NC(=O)C(N)Cc1cnc[nH]1)C(=O)NC(CCCN=C(N)N)C(=O)O. The van der Waals surface area contributed by atoms with Crippen molar-refractivity contribution in [3.63, 3.8) is 0 Å². The van der Waals surface area contributed by atoms with E-state index in [0.717, 1.165) is 0 Å². The highest BCUT2D eigenvalue weighted by molar-refractivity contribution is 5.96. The van der Waals surface area contributed by atoms with Gasteiger partial charge in [0.1, 0.15) is 18.1 Å². The van der Waals surface area contributed by atoms with Gasteiger partial charge in [0.05, 0.1) is 18.8 Å². The molecule has 0 fully saturated rings. The summed E-state index contributed by atoms with van der Waals surface area (Å²) in [5.74, 6) is -4.72. The molecule has 16 heteroatoms. The molecule has 35 heavy (non-hydrogen) atoms. The van der Waals surface area contributed by atoms with Crippen LogP contribution in [0.25, 0.3) is 0 Å². The van der Waals surface area contributed by atoms with Crippen LogP contribution in [0.2, 0.25) is 0 Å². The lowest BCUT2D eigenvalue weighted by Gasteiger charge is -2.23. The summed E-state index contributed by atoms with van der Waals surface area (Å²) < 4.78 is 0. The molecule has 1 aromatic heterocycles. The molecule has 1 aromatic rings. The van der Waals surface area contributed by atoms with E-state index in [4.69, 9.17) is 22.9 Å². The first-order valence-electron chi connectivity index (χ1n) is 10.6. The molecule has 4 unspecified atom stereocenters. The number of aromatic amines is 1. The van der Waals surface area contributed by atoms with Crippen LogP contribution in [0.15, 0.2) is 17.5 Å². The highest BCUT2D eigenvalue weighted by Gasteiger charge is 2.29. The van der Waals surface area contributed by atoms with Crippen LogP contribution in [0.5, 0.6) is 0 Å². The Labute approximate surface area is 200 Å². The number of hydrogen-bond acceptors (Lipinski definition) is 8. The van der Waals surface area contributed by atoms with E-state index in [-0.39, 0.29) is 31.8 Å². The van der Waals surface area contributed by atoms with Crippen LogP contribution in [0, 0.1) is 0 Å². The summed E-state index contributed by atoms with van der Waals surface area (Å²) in [5.41, 5.74) is 22.0. The molecule has 4 atom stereocenters. The molecule has 4 amide bonds. The van der Waals surface area contributed by atoms with E-state index in [1.165, 1.54) is 19.4 Å². The topological polar surface area (TPSA) is 287 Å². The van der Waals surface area contributed by atoms with Crippen molar-refractivity contribution in [3.05, 3.63) is 18.2 Å². The highest BCUT2D eigenvalue weighted by Crippen LogP contribution is 2.02. The molecule has 0 aromatic carbocycles.